The van der Waals surface area contributed by atoms with Crippen LogP contribution in [0.15, 0.2) is 122 Å². The molecule has 0 spiro atoms. The topological polar surface area (TPSA) is 112 Å². The van der Waals surface area contributed by atoms with Gasteiger partial charge in [-0.2, -0.15) is 0 Å². The van der Waals surface area contributed by atoms with E-state index in [1.54, 1.807) is 18.2 Å². The molecular formula is C36H36N2O7. The van der Waals surface area contributed by atoms with Crippen molar-refractivity contribution in [3.05, 3.63) is 133 Å². The molecule has 0 atom stereocenters. The van der Waals surface area contributed by atoms with Crippen LogP contribution in [0.3, 0.4) is 0 Å². The van der Waals surface area contributed by atoms with Gasteiger partial charge in [-0.3, -0.25) is 0 Å². The summed E-state index contributed by atoms with van der Waals surface area (Å²) in [5.41, 5.74) is 2.76. The smallest absolute Gasteiger partial charge is 0.337 e. The molecule has 0 saturated carbocycles. The quantitative estimate of drug-likeness (QED) is 0.170. The van der Waals surface area contributed by atoms with E-state index in [2.05, 4.69) is 4.57 Å². The van der Waals surface area contributed by atoms with Crippen LogP contribution in [0.25, 0.3) is 21.8 Å². The lowest BCUT2D eigenvalue weighted by Gasteiger charge is -2.08. The molecule has 6 rings (SSSR count). The number of para-hydroxylation sites is 2. The lowest BCUT2D eigenvalue weighted by molar-refractivity contribution is 0.0600. The predicted octanol–water partition coefficient (Wildman–Crippen LogP) is 6.53. The Hall–Kier alpha value is -5.54. The van der Waals surface area contributed by atoms with Gasteiger partial charge in [0.05, 0.1) is 31.3 Å². The van der Waals surface area contributed by atoms with Crippen molar-refractivity contribution in [2.75, 3.05) is 27.4 Å². The van der Waals surface area contributed by atoms with Crippen LogP contribution in [0.5, 0.6) is 11.5 Å². The highest BCUT2D eigenvalue weighted by molar-refractivity contribution is 5.95. The molecule has 0 unspecified atom stereocenters. The third-order valence-corrected chi connectivity index (χ3v) is 6.90. The van der Waals surface area contributed by atoms with Crippen LogP contribution in [0, 0.1) is 0 Å². The van der Waals surface area contributed by atoms with Gasteiger partial charge in [-0.05, 0) is 71.4 Å². The van der Waals surface area contributed by atoms with Crippen molar-refractivity contribution >= 4 is 33.7 Å². The number of ether oxygens (including phenoxy) is 3. The summed E-state index contributed by atoms with van der Waals surface area (Å²) in [6.07, 6.45) is 3.95. The maximum absolute atomic E-state index is 11.6. The highest BCUT2D eigenvalue weighted by atomic mass is 16.5. The van der Waals surface area contributed by atoms with Crippen LogP contribution < -0.4 is 9.47 Å². The van der Waals surface area contributed by atoms with Gasteiger partial charge in [0.2, 0.25) is 0 Å². The Balaban J connectivity index is 0.000000194. The van der Waals surface area contributed by atoms with Crippen molar-refractivity contribution in [2.24, 2.45) is 0 Å². The van der Waals surface area contributed by atoms with E-state index in [9.17, 15) is 9.59 Å². The lowest BCUT2D eigenvalue weighted by atomic mass is 10.1. The zero-order chi connectivity index (χ0) is 32.0. The van der Waals surface area contributed by atoms with Gasteiger partial charge in [-0.25, -0.2) is 9.59 Å². The molecule has 45 heavy (non-hydrogen) atoms. The fourth-order valence-corrected chi connectivity index (χ4v) is 4.69. The number of aliphatic hydroxyl groups is 1. The Bertz CT molecular complexity index is 1810. The number of aliphatic hydroxyl groups excluding tert-OH is 1. The number of hydrogen-bond donors (Lipinski definition) is 2. The average Bonchev–Trinajstić information content (AvgIpc) is 3.69. The molecule has 9 nitrogen and oxygen atoms in total. The van der Waals surface area contributed by atoms with Crippen molar-refractivity contribution in [1.29, 1.82) is 0 Å². The first-order valence-corrected chi connectivity index (χ1v) is 14.3. The molecule has 2 N–H and O–H groups in total. The third-order valence-electron chi connectivity index (χ3n) is 6.90. The molecule has 2 heterocycles. The van der Waals surface area contributed by atoms with Crippen LogP contribution in [-0.2, 0) is 17.8 Å². The number of carboxylic acids is 1. The molecule has 0 saturated heterocycles. The number of esters is 1. The Morgan fingerprint density at radius 2 is 1.07 bits per heavy atom. The second-order valence-electron chi connectivity index (χ2n) is 9.69. The van der Waals surface area contributed by atoms with Crippen molar-refractivity contribution < 1.29 is 34.0 Å². The van der Waals surface area contributed by atoms with E-state index in [1.165, 1.54) is 7.11 Å². The highest BCUT2D eigenvalue weighted by Gasteiger charge is 2.09. The van der Waals surface area contributed by atoms with Gasteiger partial charge < -0.3 is 33.6 Å². The maximum Gasteiger partial charge on any atom is 0.337 e. The van der Waals surface area contributed by atoms with Crippen LogP contribution in [-0.4, -0.2) is 58.7 Å². The van der Waals surface area contributed by atoms with Crippen molar-refractivity contribution in [1.82, 2.24) is 9.13 Å². The molecule has 232 valence electrons. The molecule has 0 fully saturated rings. The first-order chi connectivity index (χ1) is 22.0. The first-order valence-electron chi connectivity index (χ1n) is 14.3. The number of carboxylic acid groups (broad SMARTS) is 1. The van der Waals surface area contributed by atoms with E-state index in [-0.39, 0.29) is 5.97 Å². The van der Waals surface area contributed by atoms with Gasteiger partial charge in [-0.15, -0.1) is 0 Å². The number of rotatable bonds is 10. The highest BCUT2D eigenvalue weighted by Crippen LogP contribution is 2.20. The second-order valence-corrected chi connectivity index (χ2v) is 9.69. The van der Waals surface area contributed by atoms with Crippen molar-refractivity contribution in [3.8, 4) is 11.5 Å². The monoisotopic (exact) mass is 608 g/mol. The summed E-state index contributed by atoms with van der Waals surface area (Å²) in [4.78, 5) is 22.7. The van der Waals surface area contributed by atoms with E-state index >= 15 is 0 Å². The summed E-state index contributed by atoms with van der Waals surface area (Å²) < 4.78 is 20.2. The summed E-state index contributed by atoms with van der Waals surface area (Å²) in [6, 6.07) is 34.1. The van der Waals surface area contributed by atoms with E-state index in [1.807, 2.05) is 108 Å². The van der Waals surface area contributed by atoms with Gasteiger partial charge in [0.1, 0.15) is 24.7 Å². The molecule has 0 amide bonds. The molecule has 0 aliphatic carbocycles. The molecule has 2 aromatic heterocycles. The minimum atomic E-state index is -0.912. The zero-order valence-electron chi connectivity index (χ0n) is 25.2. The second kappa shape index (κ2) is 16.3. The van der Waals surface area contributed by atoms with E-state index < -0.39 is 5.97 Å². The number of methoxy groups -OCH3 is 1. The van der Waals surface area contributed by atoms with E-state index in [0.29, 0.717) is 37.4 Å². The van der Waals surface area contributed by atoms with Crippen LogP contribution in [0.1, 0.15) is 20.7 Å². The van der Waals surface area contributed by atoms with Gasteiger partial charge >= 0.3 is 11.9 Å². The number of hydrogen-bond acceptors (Lipinski definition) is 6. The number of carbonyl (C=O) groups excluding carboxylic acids is 1. The number of aromatic carboxylic acids is 1. The van der Waals surface area contributed by atoms with Gasteiger partial charge in [0.25, 0.3) is 0 Å². The minimum absolute atomic E-state index is 0.298. The predicted molar refractivity (Wildman–Crippen MR) is 174 cm³/mol. The number of carbonyl (C=O) groups is 2. The zero-order valence-corrected chi connectivity index (χ0v) is 25.2. The molecule has 0 radical (unpaired) electrons. The first kappa shape index (κ1) is 32.4. The van der Waals surface area contributed by atoms with Crippen LogP contribution in [0.4, 0.5) is 0 Å². The Labute approximate surface area is 261 Å². The fourth-order valence-electron chi connectivity index (χ4n) is 4.69. The van der Waals surface area contributed by atoms with Crippen LogP contribution >= 0.6 is 0 Å². The van der Waals surface area contributed by atoms with E-state index in [4.69, 9.17) is 24.4 Å². The molecular weight excluding hydrogens is 572 g/mol. The number of nitrogens with zero attached hydrogens (tertiary/aromatic N) is 2. The Kier molecular flexibility index (Phi) is 11.8. The van der Waals surface area contributed by atoms with E-state index in [0.717, 1.165) is 40.4 Å². The number of aromatic nitrogens is 2. The minimum Gasteiger partial charge on any atom is -0.492 e. The number of fused-ring (bicyclic) bond motifs is 2. The molecule has 6 aromatic rings. The van der Waals surface area contributed by atoms with Crippen molar-refractivity contribution in [2.45, 2.75) is 13.1 Å². The summed E-state index contributed by atoms with van der Waals surface area (Å²) in [5.74, 6) is 0.453. The maximum atomic E-state index is 11.6. The van der Waals surface area contributed by atoms with Gasteiger partial charge in [0, 0.05) is 30.5 Å². The summed E-state index contributed by atoms with van der Waals surface area (Å²) >= 11 is 0. The molecule has 0 aliphatic rings. The van der Waals surface area contributed by atoms with Gasteiger partial charge in [0.15, 0.2) is 0 Å². The fraction of sp³-hybridized carbons (Fsp3) is 0.167. The Morgan fingerprint density at radius 1 is 0.622 bits per heavy atom. The van der Waals surface area contributed by atoms with Crippen LogP contribution in [0.2, 0.25) is 0 Å². The SMILES string of the molecule is CO.COC(=O)c1ccc2ccn(CCOc3ccccc3)c2c1.O=C(O)c1ccc2ccn(CCOc3ccccc3)c2c1. The Morgan fingerprint density at radius 3 is 1.51 bits per heavy atom. The number of benzene rings is 4. The van der Waals surface area contributed by atoms with Crippen molar-refractivity contribution in [3.63, 3.8) is 0 Å². The summed E-state index contributed by atoms with van der Waals surface area (Å²) in [5, 5.41) is 18.2. The third kappa shape index (κ3) is 8.75. The average molecular weight is 609 g/mol. The summed E-state index contributed by atoms with van der Waals surface area (Å²) in [6.45, 7) is 2.48. The molecule has 4 aromatic carbocycles. The lowest BCUT2D eigenvalue weighted by Crippen LogP contribution is -2.07. The largest absolute Gasteiger partial charge is 0.492 e. The molecule has 9 heteroatoms. The molecule has 0 bridgehead atoms. The molecule has 0 aliphatic heterocycles. The summed E-state index contributed by atoms with van der Waals surface area (Å²) in [7, 11) is 2.39. The normalized spacial score (nSPS) is 10.3. The standard InChI is InChI=1S/C18H17NO3.C17H15NO3.CH4O/c1-21-18(20)15-8-7-14-9-10-19(17(14)13-15)11-12-22-16-5-3-2-4-6-16;19-17(20)14-7-6-13-8-9-18(16(13)12-14)10-11-21-15-4-2-1-3-5-15;1-2/h2-10,13H,11-12H2,1H3;1-9,12H,10-11H2,(H,19,20);2H,1H3. The van der Waals surface area contributed by atoms with Gasteiger partial charge in [-0.1, -0.05) is 48.5 Å².